The molecular formula is C13H18BrNO2S. The van der Waals surface area contributed by atoms with Crippen LogP contribution in [0, 0.1) is 6.92 Å². The number of rotatable bonds is 5. The van der Waals surface area contributed by atoms with Crippen molar-refractivity contribution >= 4 is 33.2 Å². The van der Waals surface area contributed by atoms with Crippen molar-refractivity contribution in [2.45, 2.75) is 45.2 Å². The molecule has 0 aliphatic heterocycles. The van der Waals surface area contributed by atoms with E-state index in [1.807, 2.05) is 0 Å². The van der Waals surface area contributed by atoms with Crippen molar-refractivity contribution in [1.29, 1.82) is 0 Å². The van der Waals surface area contributed by atoms with Crippen molar-refractivity contribution in [1.82, 2.24) is 4.90 Å². The van der Waals surface area contributed by atoms with Gasteiger partial charge in [-0.15, -0.1) is 11.3 Å². The number of carboxylic acid groups (broad SMARTS) is 1. The highest BCUT2D eigenvalue weighted by atomic mass is 79.9. The quantitative estimate of drug-likeness (QED) is 0.895. The summed E-state index contributed by atoms with van der Waals surface area (Å²) in [5.74, 6) is -0.728. The van der Waals surface area contributed by atoms with Gasteiger partial charge in [-0.3, -0.25) is 9.69 Å². The molecule has 1 heterocycles. The zero-order valence-electron chi connectivity index (χ0n) is 10.5. The third kappa shape index (κ3) is 3.56. The van der Waals surface area contributed by atoms with Crippen molar-refractivity contribution in [2.24, 2.45) is 0 Å². The first-order chi connectivity index (χ1) is 8.56. The van der Waals surface area contributed by atoms with E-state index < -0.39 is 5.97 Å². The minimum atomic E-state index is -0.728. The summed E-state index contributed by atoms with van der Waals surface area (Å²) in [6.07, 6.45) is 4.74. The number of aryl methyl sites for hydroxylation is 1. The molecule has 18 heavy (non-hydrogen) atoms. The van der Waals surface area contributed by atoms with E-state index in [2.05, 4.69) is 33.8 Å². The highest BCUT2D eigenvalue weighted by Crippen LogP contribution is 2.30. The molecule has 5 heteroatoms. The lowest BCUT2D eigenvalue weighted by Crippen LogP contribution is -2.36. The first kappa shape index (κ1) is 14.0. The number of halogens is 1. The van der Waals surface area contributed by atoms with Gasteiger partial charge in [0.05, 0.1) is 6.54 Å². The third-order valence-electron chi connectivity index (χ3n) is 3.45. The normalized spacial score (nSPS) is 16.6. The summed E-state index contributed by atoms with van der Waals surface area (Å²) in [6, 6.07) is 2.56. The Morgan fingerprint density at radius 3 is 2.72 bits per heavy atom. The fourth-order valence-electron chi connectivity index (χ4n) is 2.55. The molecule has 1 aliphatic carbocycles. The molecule has 1 saturated carbocycles. The summed E-state index contributed by atoms with van der Waals surface area (Å²) in [7, 11) is 0. The van der Waals surface area contributed by atoms with Crippen LogP contribution in [0.25, 0.3) is 0 Å². The van der Waals surface area contributed by atoms with Gasteiger partial charge in [0.2, 0.25) is 0 Å². The number of carbonyl (C=O) groups is 1. The maximum absolute atomic E-state index is 11.0. The van der Waals surface area contributed by atoms with Crippen LogP contribution < -0.4 is 0 Å². The van der Waals surface area contributed by atoms with E-state index in [9.17, 15) is 4.79 Å². The smallest absolute Gasteiger partial charge is 0.317 e. The highest BCUT2D eigenvalue weighted by Gasteiger charge is 2.24. The van der Waals surface area contributed by atoms with E-state index in [0.29, 0.717) is 6.04 Å². The average Bonchev–Trinajstić information content (AvgIpc) is 2.88. The van der Waals surface area contributed by atoms with Crippen molar-refractivity contribution < 1.29 is 9.90 Å². The van der Waals surface area contributed by atoms with Crippen LogP contribution in [0.4, 0.5) is 0 Å². The number of thiophene rings is 1. The Bertz CT molecular complexity index is 407. The topological polar surface area (TPSA) is 40.5 Å². The highest BCUT2D eigenvalue weighted by molar-refractivity contribution is 9.10. The lowest BCUT2D eigenvalue weighted by molar-refractivity contribution is -0.139. The van der Waals surface area contributed by atoms with Crippen LogP contribution in [0.5, 0.6) is 0 Å². The number of hydrogen-bond acceptors (Lipinski definition) is 3. The van der Waals surface area contributed by atoms with Crippen molar-refractivity contribution in [3.63, 3.8) is 0 Å². The maximum atomic E-state index is 11.0. The Labute approximate surface area is 120 Å². The molecule has 0 amide bonds. The molecule has 0 bridgehead atoms. The standard InChI is InChI=1S/C13H18BrNO2S/c1-9-12(14)6-11(18-9)7-15(8-13(16)17)10-4-2-3-5-10/h6,10H,2-5,7-8H2,1H3,(H,16,17). The van der Waals surface area contributed by atoms with Crippen LogP contribution in [0.3, 0.4) is 0 Å². The van der Waals surface area contributed by atoms with Gasteiger partial charge >= 0.3 is 5.97 Å². The zero-order valence-corrected chi connectivity index (χ0v) is 12.9. The van der Waals surface area contributed by atoms with Gasteiger partial charge < -0.3 is 5.11 Å². The molecule has 0 spiro atoms. The molecule has 2 rings (SSSR count). The van der Waals surface area contributed by atoms with Crippen molar-refractivity contribution in [3.05, 3.63) is 20.3 Å². The molecule has 0 unspecified atom stereocenters. The van der Waals surface area contributed by atoms with Crippen LogP contribution in [0.2, 0.25) is 0 Å². The Morgan fingerprint density at radius 2 is 2.22 bits per heavy atom. The third-order valence-corrected chi connectivity index (χ3v) is 5.57. The van der Waals surface area contributed by atoms with E-state index >= 15 is 0 Å². The molecule has 0 aromatic carbocycles. The monoisotopic (exact) mass is 331 g/mol. The van der Waals surface area contributed by atoms with E-state index in [-0.39, 0.29) is 6.54 Å². The second-order valence-electron chi connectivity index (χ2n) is 4.85. The van der Waals surface area contributed by atoms with E-state index in [1.165, 1.54) is 22.6 Å². The summed E-state index contributed by atoms with van der Waals surface area (Å²) in [5.41, 5.74) is 0. The molecule has 1 aromatic heterocycles. The van der Waals surface area contributed by atoms with Crippen LogP contribution >= 0.6 is 27.3 Å². The summed E-state index contributed by atoms with van der Waals surface area (Å²) in [4.78, 5) is 15.6. The van der Waals surface area contributed by atoms with Crippen LogP contribution in [0.15, 0.2) is 10.5 Å². The second-order valence-corrected chi connectivity index (χ2v) is 7.05. The van der Waals surface area contributed by atoms with E-state index in [4.69, 9.17) is 5.11 Å². The van der Waals surface area contributed by atoms with Crippen LogP contribution in [-0.2, 0) is 11.3 Å². The predicted octanol–water partition coefficient (Wildman–Crippen LogP) is 3.65. The minimum absolute atomic E-state index is 0.152. The largest absolute Gasteiger partial charge is 0.480 e. The van der Waals surface area contributed by atoms with Gasteiger partial charge in [-0.2, -0.15) is 0 Å². The minimum Gasteiger partial charge on any atom is -0.480 e. The van der Waals surface area contributed by atoms with Gasteiger partial charge in [0, 0.05) is 26.8 Å². The molecule has 0 saturated heterocycles. The Hall–Kier alpha value is -0.390. The average molecular weight is 332 g/mol. The Kier molecular flexibility index (Phi) is 4.81. The van der Waals surface area contributed by atoms with Crippen molar-refractivity contribution in [3.8, 4) is 0 Å². The molecular weight excluding hydrogens is 314 g/mol. The number of hydrogen-bond donors (Lipinski definition) is 1. The Balaban J connectivity index is 2.06. The van der Waals surface area contributed by atoms with Crippen LogP contribution in [0.1, 0.15) is 35.4 Å². The van der Waals surface area contributed by atoms with Crippen LogP contribution in [-0.4, -0.2) is 28.6 Å². The molecule has 0 radical (unpaired) electrons. The maximum Gasteiger partial charge on any atom is 0.317 e. The molecule has 1 aromatic rings. The first-order valence-corrected chi connectivity index (χ1v) is 7.88. The lowest BCUT2D eigenvalue weighted by Gasteiger charge is -2.26. The van der Waals surface area contributed by atoms with Gasteiger partial charge in [-0.25, -0.2) is 0 Å². The predicted molar refractivity (Wildman–Crippen MR) is 77.1 cm³/mol. The summed E-state index contributed by atoms with van der Waals surface area (Å²) in [6.45, 7) is 2.99. The second kappa shape index (κ2) is 6.17. The number of aliphatic carboxylic acids is 1. The molecule has 0 atom stereocenters. The lowest BCUT2D eigenvalue weighted by atomic mass is 10.2. The number of carboxylic acids is 1. The molecule has 1 aliphatic rings. The first-order valence-electron chi connectivity index (χ1n) is 6.27. The fourth-order valence-corrected chi connectivity index (χ4v) is 4.18. The summed E-state index contributed by atoms with van der Waals surface area (Å²) >= 11 is 5.26. The van der Waals surface area contributed by atoms with Crippen molar-refractivity contribution in [2.75, 3.05) is 6.54 Å². The SMILES string of the molecule is Cc1sc(CN(CC(=O)O)C2CCCC2)cc1Br. The molecule has 3 nitrogen and oxygen atoms in total. The van der Waals surface area contributed by atoms with E-state index in [0.717, 1.165) is 23.9 Å². The zero-order chi connectivity index (χ0) is 13.1. The van der Waals surface area contributed by atoms with E-state index in [1.54, 1.807) is 11.3 Å². The fraction of sp³-hybridized carbons (Fsp3) is 0.615. The molecule has 1 N–H and O–H groups in total. The summed E-state index contributed by atoms with van der Waals surface area (Å²) < 4.78 is 1.13. The Morgan fingerprint density at radius 1 is 1.56 bits per heavy atom. The van der Waals surface area contributed by atoms with Gasteiger partial charge in [-0.05, 0) is 41.8 Å². The number of nitrogens with zero attached hydrogens (tertiary/aromatic N) is 1. The molecule has 100 valence electrons. The van der Waals surface area contributed by atoms with Gasteiger partial charge in [0.1, 0.15) is 0 Å². The molecule has 1 fully saturated rings. The summed E-state index contributed by atoms with van der Waals surface area (Å²) in [5, 5.41) is 9.03. The van der Waals surface area contributed by atoms with Gasteiger partial charge in [0.15, 0.2) is 0 Å². The van der Waals surface area contributed by atoms with Gasteiger partial charge in [0.25, 0.3) is 0 Å². The van der Waals surface area contributed by atoms with Gasteiger partial charge in [-0.1, -0.05) is 12.8 Å².